The molecule has 13 heavy (non-hydrogen) atoms. The predicted octanol–water partition coefficient (Wildman–Crippen LogP) is 0.954. The molecule has 0 radical (unpaired) electrons. The molecule has 4 heteroatoms. The van der Waals surface area contributed by atoms with Crippen LogP contribution in [-0.2, 0) is 0 Å². The van der Waals surface area contributed by atoms with E-state index >= 15 is 0 Å². The maximum Gasteiger partial charge on any atom is 0.214 e. The number of carbonyl (C=O) groups excluding carboxylic acids is 1. The normalized spacial score (nSPS) is 16.1. The summed E-state index contributed by atoms with van der Waals surface area (Å²) in [4.78, 5) is 11.3. The van der Waals surface area contributed by atoms with Crippen LogP contribution < -0.4 is 5.32 Å². The third-order valence-corrected chi connectivity index (χ3v) is 2.14. The van der Waals surface area contributed by atoms with Gasteiger partial charge in [-0.15, -0.1) is 0 Å². The summed E-state index contributed by atoms with van der Waals surface area (Å²) >= 11 is 0. The fourth-order valence-electron chi connectivity index (χ4n) is 1.24. The van der Waals surface area contributed by atoms with E-state index in [1.807, 2.05) is 0 Å². The van der Waals surface area contributed by atoms with Crippen molar-refractivity contribution in [1.82, 2.24) is 10.5 Å². The molecule has 0 saturated heterocycles. The second kappa shape index (κ2) is 3.30. The van der Waals surface area contributed by atoms with E-state index in [0.29, 0.717) is 18.2 Å². The SMILES string of the molecule is CNCC(=O)c1cc(C2CC2)no1. The highest BCUT2D eigenvalue weighted by Gasteiger charge is 2.27. The van der Waals surface area contributed by atoms with Gasteiger partial charge in [-0.2, -0.15) is 0 Å². The number of nitrogens with one attached hydrogen (secondary N) is 1. The maximum atomic E-state index is 11.3. The second-order valence-electron chi connectivity index (χ2n) is 3.34. The lowest BCUT2D eigenvalue weighted by Crippen LogP contribution is -2.17. The second-order valence-corrected chi connectivity index (χ2v) is 3.34. The summed E-state index contributed by atoms with van der Waals surface area (Å²) in [6.07, 6.45) is 2.35. The molecule has 1 aromatic rings. The van der Waals surface area contributed by atoms with Crippen LogP contribution in [0.4, 0.5) is 0 Å². The van der Waals surface area contributed by atoms with Crippen LogP contribution in [0.1, 0.15) is 35.0 Å². The Bertz CT molecular complexity index is 315. The highest BCUT2D eigenvalue weighted by Crippen LogP contribution is 2.39. The van der Waals surface area contributed by atoms with Crippen molar-refractivity contribution in [2.75, 3.05) is 13.6 Å². The van der Waals surface area contributed by atoms with Gasteiger partial charge >= 0.3 is 0 Å². The molecule has 0 unspecified atom stereocenters. The molecule has 0 atom stereocenters. The van der Waals surface area contributed by atoms with Crippen molar-refractivity contribution >= 4 is 5.78 Å². The summed E-state index contributed by atoms with van der Waals surface area (Å²) in [7, 11) is 1.73. The fourth-order valence-corrected chi connectivity index (χ4v) is 1.24. The number of aromatic nitrogens is 1. The molecule has 70 valence electrons. The first-order valence-electron chi connectivity index (χ1n) is 4.45. The number of carbonyl (C=O) groups is 1. The van der Waals surface area contributed by atoms with Crippen molar-refractivity contribution in [1.29, 1.82) is 0 Å². The van der Waals surface area contributed by atoms with Crippen molar-refractivity contribution < 1.29 is 9.32 Å². The zero-order valence-corrected chi connectivity index (χ0v) is 7.54. The lowest BCUT2D eigenvalue weighted by Gasteiger charge is -1.91. The molecule has 1 saturated carbocycles. The first-order chi connectivity index (χ1) is 6.31. The van der Waals surface area contributed by atoms with Crippen LogP contribution >= 0.6 is 0 Å². The highest BCUT2D eigenvalue weighted by molar-refractivity contribution is 5.95. The van der Waals surface area contributed by atoms with E-state index in [9.17, 15) is 4.79 Å². The number of likely N-dealkylation sites (N-methyl/N-ethyl adjacent to an activating group) is 1. The third kappa shape index (κ3) is 1.78. The van der Waals surface area contributed by atoms with Gasteiger partial charge in [-0.25, -0.2) is 0 Å². The summed E-state index contributed by atoms with van der Waals surface area (Å²) in [6, 6.07) is 1.76. The van der Waals surface area contributed by atoms with Crippen LogP contribution in [0.2, 0.25) is 0 Å². The number of rotatable bonds is 4. The van der Waals surface area contributed by atoms with Crippen LogP contribution in [0, 0.1) is 0 Å². The summed E-state index contributed by atoms with van der Waals surface area (Å²) in [5, 5.41) is 6.64. The molecule has 1 aliphatic carbocycles. The lowest BCUT2D eigenvalue weighted by atomic mass is 10.2. The lowest BCUT2D eigenvalue weighted by molar-refractivity contribution is 0.0958. The molecule has 0 amide bonds. The molecule has 1 aromatic heterocycles. The van der Waals surface area contributed by atoms with E-state index in [-0.39, 0.29) is 5.78 Å². The molecule has 1 fully saturated rings. The van der Waals surface area contributed by atoms with E-state index < -0.39 is 0 Å². The maximum absolute atomic E-state index is 11.3. The van der Waals surface area contributed by atoms with Gasteiger partial charge in [0, 0.05) is 12.0 Å². The Morgan fingerprint density at radius 2 is 2.54 bits per heavy atom. The summed E-state index contributed by atoms with van der Waals surface area (Å²) in [5.41, 5.74) is 0.930. The van der Waals surface area contributed by atoms with Gasteiger partial charge in [0.2, 0.25) is 11.5 Å². The number of nitrogens with zero attached hydrogens (tertiary/aromatic N) is 1. The van der Waals surface area contributed by atoms with Crippen LogP contribution in [0.5, 0.6) is 0 Å². The van der Waals surface area contributed by atoms with Crippen LogP contribution in [0.3, 0.4) is 0 Å². The smallest absolute Gasteiger partial charge is 0.214 e. The fraction of sp³-hybridized carbons (Fsp3) is 0.556. The van der Waals surface area contributed by atoms with Gasteiger partial charge in [0.25, 0.3) is 0 Å². The monoisotopic (exact) mass is 180 g/mol. The van der Waals surface area contributed by atoms with Gasteiger partial charge in [-0.1, -0.05) is 5.16 Å². The van der Waals surface area contributed by atoms with Crippen molar-refractivity contribution in [3.63, 3.8) is 0 Å². The first kappa shape index (κ1) is 8.44. The molecule has 0 bridgehead atoms. The molecular formula is C9H12N2O2. The van der Waals surface area contributed by atoms with Crippen LogP contribution in [-0.4, -0.2) is 24.5 Å². The topological polar surface area (TPSA) is 55.1 Å². The number of ketones is 1. The third-order valence-electron chi connectivity index (χ3n) is 2.14. The van der Waals surface area contributed by atoms with E-state index in [2.05, 4.69) is 10.5 Å². The quantitative estimate of drug-likeness (QED) is 0.701. The molecule has 0 spiro atoms. The van der Waals surface area contributed by atoms with Gasteiger partial charge < -0.3 is 9.84 Å². The highest BCUT2D eigenvalue weighted by atomic mass is 16.5. The van der Waals surface area contributed by atoms with Crippen molar-refractivity contribution in [3.8, 4) is 0 Å². The van der Waals surface area contributed by atoms with E-state index in [4.69, 9.17) is 4.52 Å². The molecule has 2 rings (SSSR count). The Morgan fingerprint density at radius 1 is 1.77 bits per heavy atom. The van der Waals surface area contributed by atoms with Gasteiger partial charge in [0.05, 0.1) is 12.2 Å². The van der Waals surface area contributed by atoms with Gasteiger partial charge in [0.15, 0.2) is 0 Å². The zero-order chi connectivity index (χ0) is 9.26. The van der Waals surface area contributed by atoms with Crippen LogP contribution in [0.15, 0.2) is 10.6 Å². The molecule has 4 nitrogen and oxygen atoms in total. The van der Waals surface area contributed by atoms with Gasteiger partial charge in [-0.3, -0.25) is 4.79 Å². The summed E-state index contributed by atoms with van der Waals surface area (Å²) in [5.74, 6) is 0.873. The standard InChI is InChI=1S/C9H12N2O2/c1-10-5-8(12)9-4-7(11-13-9)6-2-3-6/h4,6,10H,2-3,5H2,1H3. The molecular weight excluding hydrogens is 168 g/mol. The molecule has 1 aliphatic rings. The van der Waals surface area contributed by atoms with E-state index in [1.54, 1.807) is 13.1 Å². The number of Topliss-reactive ketones (excluding diaryl/α,β-unsaturated/α-hetero) is 1. The first-order valence-corrected chi connectivity index (χ1v) is 4.45. The minimum atomic E-state index is -0.0399. The summed E-state index contributed by atoms with van der Waals surface area (Å²) < 4.78 is 4.94. The van der Waals surface area contributed by atoms with E-state index in [1.165, 1.54) is 12.8 Å². The van der Waals surface area contributed by atoms with Gasteiger partial charge in [0.1, 0.15) is 0 Å². The molecule has 1 N–H and O–H groups in total. The molecule has 0 aromatic carbocycles. The molecule has 0 aliphatic heterocycles. The van der Waals surface area contributed by atoms with Gasteiger partial charge in [-0.05, 0) is 19.9 Å². The van der Waals surface area contributed by atoms with E-state index in [0.717, 1.165) is 5.69 Å². The summed E-state index contributed by atoms with van der Waals surface area (Å²) in [6.45, 7) is 0.305. The average molecular weight is 180 g/mol. The Morgan fingerprint density at radius 3 is 3.15 bits per heavy atom. The Labute approximate surface area is 76.3 Å². The van der Waals surface area contributed by atoms with Crippen molar-refractivity contribution in [2.45, 2.75) is 18.8 Å². The Kier molecular flexibility index (Phi) is 2.14. The zero-order valence-electron chi connectivity index (χ0n) is 7.54. The number of hydrogen-bond acceptors (Lipinski definition) is 4. The van der Waals surface area contributed by atoms with Crippen molar-refractivity contribution in [2.24, 2.45) is 0 Å². The average Bonchev–Trinajstić information content (AvgIpc) is 2.84. The Balaban J connectivity index is 2.07. The minimum absolute atomic E-state index is 0.0399. The predicted molar refractivity (Wildman–Crippen MR) is 46.7 cm³/mol. The minimum Gasteiger partial charge on any atom is -0.353 e. The van der Waals surface area contributed by atoms with Crippen LogP contribution in [0.25, 0.3) is 0 Å². The molecule has 1 heterocycles. The largest absolute Gasteiger partial charge is 0.353 e. The van der Waals surface area contributed by atoms with Crippen molar-refractivity contribution in [3.05, 3.63) is 17.5 Å². The Hall–Kier alpha value is -1.16. The number of hydrogen-bond donors (Lipinski definition) is 1.